The molecule has 0 aliphatic carbocycles. The Morgan fingerprint density at radius 2 is 2.04 bits per heavy atom. The predicted molar refractivity (Wildman–Crippen MR) is 98.4 cm³/mol. The Bertz CT molecular complexity index is 709. The molecule has 2 aromatic rings. The molecule has 1 saturated heterocycles. The summed E-state index contributed by atoms with van der Waals surface area (Å²) < 4.78 is 15.9. The lowest BCUT2D eigenvalue weighted by atomic mass is 10.2. The van der Waals surface area contributed by atoms with Gasteiger partial charge in [-0.05, 0) is 12.1 Å². The molecule has 0 saturated carbocycles. The third-order valence-corrected chi connectivity index (χ3v) is 4.05. The number of rotatable bonds is 8. The number of hydrogen-bond acceptors (Lipinski definition) is 9. The summed E-state index contributed by atoms with van der Waals surface area (Å²) in [6.07, 6.45) is 1.61. The van der Waals surface area contributed by atoms with Crippen LogP contribution in [0.25, 0.3) is 0 Å². The molecule has 0 bridgehead atoms. The van der Waals surface area contributed by atoms with Gasteiger partial charge in [-0.1, -0.05) is 0 Å². The van der Waals surface area contributed by atoms with E-state index in [9.17, 15) is 0 Å². The summed E-state index contributed by atoms with van der Waals surface area (Å²) in [4.78, 5) is 6.80. The summed E-state index contributed by atoms with van der Waals surface area (Å²) in [5, 5.41) is 14.4. The molecule has 0 atom stereocenters. The number of hydrogen-bond donors (Lipinski definition) is 2. The van der Waals surface area contributed by atoms with Crippen LogP contribution in [0.15, 0.2) is 24.4 Å². The topological polar surface area (TPSA) is 93.7 Å². The smallest absolute Gasteiger partial charge is 0.249 e. The van der Waals surface area contributed by atoms with Crippen molar-refractivity contribution in [1.29, 1.82) is 0 Å². The number of benzene rings is 1. The van der Waals surface area contributed by atoms with Gasteiger partial charge in [0, 0.05) is 32.2 Å². The van der Waals surface area contributed by atoms with Crippen LogP contribution in [-0.2, 0) is 4.74 Å². The molecule has 9 nitrogen and oxygen atoms in total. The van der Waals surface area contributed by atoms with Crippen LogP contribution >= 0.6 is 0 Å². The van der Waals surface area contributed by atoms with Crippen LogP contribution in [-0.4, -0.2) is 73.7 Å². The van der Waals surface area contributed by atoms with Crippen molar-refractivity contribution in [1.82, 2.24) is 20.1 Å². The average Bonchev–Trinajstić information content (AvgIpc) is 2.69. The van der Waals surface area contributed by atoms with E-state index in [0.29, 0.717) is 23.3 Å². The summed E-state index contributed by atoms with van der Waals surface area (Å²) in [6, 6.07) is 5.47. The normalized spacial score (nSPS) is 14.7. The number of anilines is 3. The summed E-state index contributed by atoms with van der Waals surface area (Å²) in [5.41, 5.74) is 0.737. The molecule has 1 aromatic carbocycles. The van der Waals surface area contributed by atoms with Gasteiger partial charge < -0.3 is 24.8 Å². The van der Waals surface area contributed by atoms with E-state index in [4.69, 9.17) is 14.2 Å². The molecule has 1 aromatic heterocycles. The van der Waals surface area contributed by atoms with E-state index in [1.165, 1.54) is 0 Å². The molecule has 0 unspecified atom stereocenters. The molecule has 9 heteroatoms. The number of methoxy groups -OCH3 is 2. The summed E-state index contributed by atoms with van der Waals surface area (Å²) in [5.74, 6) is 2.41. The molecule has 0 spiro atoms. The highest BCUT2D eigenvalue weighted by Crippen LogP contribution is 2.30. The quantitative estimate of drug-likeness (QED) is 0.724. The van der Waals surface area contributed by atoms with Gasteiger partial charge in [0.15, 0.2) is 5.82 Å². The van der Waals surface area contributed by atoms with Gasteiger partial charge in [-0.2, -0.15) is 10.1 Å². The Balaban J connectivity index is 1.58. The molecule has 2 N–H and O–H groups in total. The highest BCUT2D eigenvalue weighted by molar-refractivity contribution is 5.64. The van der Waals surface area contributed by atoms with E-state index in [1.54, 1.807) is 26.5 Å². The molecular weight excluding hydrogens is 336 g/mol. The minimum Gasteiger partial charge on any atom is -0.497 e. The maximum absolute atomic E-state index is 5.37. The molecule has 3 rings (SSSR count). The van der Waals surface area contributed by atoms with Gasteiger partial charge in [0.05, 0.1) is 39.3 Å². The minimum atomic E-state index is 0.393. The van der Waals surface area contributed by atoms with Crippen molar-refractivity contribution >= 4 is 17.5 Å². The molecule has 0 radical (unpaired) electrons. The van der Waals surface area contributed by atoms with Crippen molar-refractivity contribution < 1.29 is 14.2 Å². The zero-order chi connectivity index (χ0) is 18.2. The summed E-state index contributed by atoms with van der Waals surface area (Å²) in [6.45, 7) is 5.24. The first-order valence-corrected chi connectivity index (χ1v) is 8.51. The van der Waals surface area contributed by atoms with Crippen molar-refractivity contribution in [2.24, 2.45) is 0 Å². The highest BCUT2D eigenvalue weighted by atomic mass is 16.5. The summed E-state index contributed by atoms with van der Waals surface area (Å²) >= 11 is 0. The Hall–Kier alpha value is -2.65. The van der Waals surface area contributed by atoms with Crippen LogP contribution in [0.4, 0.5) is 17.5 Å². The van der Waals surface area contributed by atoms with Crippen LogP contribution in [0.5, 0.6) is 11.5 Å². The maximum Gasteiger partial charge on any atom is 0.249 e. The van der Waals surface area contributed by atoms with Crippen molar-refractivity contribution in [3.8, 4) is 11.5 Å². The largest absolute Gasteiger partial charge is 0.497 e. The standard InChI is InChI=1S/C17H24N6O3/c1-24-13-3-4-14(15(11-13)25-2)20-17-21-16(12-19-22-17)18-5-6-23-7-9-26-10-8-23/h3-4,11-12H,5-10H2,1-2H3,(H2,18,20,21,22). The lowest BCUT2D eigenvalue weighted by molar-refractivity contribution is 0.0398. The van der Waals surface area contributed by atoms with E-state index in [-0.39, 0.29) is 0 Å². The fraction of sp³-hybridized carbons (Fsp3) is 0.471. The van der Waals surface area contributed by atoms with Crippen LogP contribution in [0.2, 0.25) is 0 Å². The molecule has 140 valence electrons. The van der Waals surface area contributed by atoms with Gasteiger partial charge in [0.1, 0.15) is 11.5 Å². The maximum atomic E-state index is 5.37. The molecule has 1 aliphatic rings. The van der Waals surface area contributed by atoms with Gasteiger partial charge >= 0.3 is 0 Å². The predicted octanol–water partition coefficient (Wildman–Crippen LogP) is 1.38. The van der Waals surface area contributed by atoms with E-state index in [2.05, 4.69) is 30.7 Å². The fourth-order valence-corrected chi connectivity index (χ4v) is 2.63. The van der Waals surface area contributed by atoms with Crippen LogP contribution in [0, 0.1) is 0 Å². The third kappa shape index (κ3) is 4.93. The van der Waals surface area contributed by atoms with Crippen LogP contribution in [0.3, 0.4) is 0 Å². The highest BCUT2D eigenvalue weighted by Gasteiger charge is 2.10. The first-order valence-electron chi connectivity index (χ1n) is 8.51. The van der Waals surface area contributed by atoms with E-state index < -0.39 is 0 Å². The van der Waals surface area contributed by atoms with Gasteiger partial charge in [0.2, 0.25) is 5.95 Å². The van der Waals surface area contributed by atoms with Gasteiger partial charge in [0.25, 0.3) is 0 Å². The van der Waals surface area contributed by atoms with Crippen molar-refractivity contribution in [3.63, 3.8) is 0 Å². The molecule has 26 heavy (non-hydrogen) atoms. The molecular formula is C17H24N6O3. The SMILES string of the molecule is COc1ccc(Nc2nncc(NCCN3CCOCC3)n2)c(OC)c1. The van der Waals surface area contributed by atoms with Gasteiger partial charge in [-0.3, -0.25) is 4.90 Å². The number of morpholine rings is 1. The minimum absolute atomic E-state index is 0.393. The lowest BCUT2D eigenvalue weighted by Crippen LogP contribution is -2.39. The fourth-order valence-electron chi connectivity index (χ4n) is 2.63. The van der Waals surface area contributed by atoms with Gasteiger partial charge in [-0.25, -0.2) is 0 Å². The number of aromatic nitrogens is 3. The second kappa shape index (κ2) is 9.16. The zero-order valence-electron chi connectivity index (χ0n) is 15.1. The Morgan fingerprint density at radius 3 is 2.81 bits per heavy atom. The van der Waals surface area contributed by atoms with E-state index >= 15 is 0 Å². The van der Waals surface area contributed by atoms with Crippen molar-refractivity contribution in [2.75, 3.05) is 64.2 Å². The number of nitrogens with zero attached hydrogens (tertiary/aromatic N) is 4. The second-order valence-corrected chi connectivity index (χ2v) is 5.74. The number of ether oxygens (including phenoxy) is 3. The Kier molecular flexibility index (Phi) is 6.39. The molecule has 2 heterocycles. The van der Waals surface area contributed by atoms with E-state index in [0.717, 1.165) is 45.1 Å². The summed E-state index contributed by atoms with van der Waals surface area (Å²) in [7, 11) is 3.21. The van der Waals surface area contributed by atoms with Crippen molar-refractivity contribution in [3.05, 3.63) is 24.4 Å². The van der Waals surface area contributed by atoms with Crippen molar-refractivity contribution in [2.45, 2.75) is 0 Å². The average molecular weight is 360 g/mol. The Morgan fingerprint density at radius 1 is 1.19 bits per heavy atom. The lowest BCUT2D eigenvalue weighted by Gasteiger charge is -2.26. The zero-order valence-corrected chi connectivity index (χ0v) is 15.1. The van der Waals surface area contributed by atoms with Gasteiger partial charge in [-0.15, -0.1) is 5.10 Å². The Labute approximate surface area is 152 Å². The molecule has 1 aliphatic heterocycles. The first-order chi connectivity index (χ1) is 12.8. The van der Waals surface area contributed by atoms with E-state index in [1.807, 2.05) is 12.1 Å². The third-order valence-electron chi connectivity index (χ3n) is 4.05. The second-order valence-electron chi connectivity index (χ2n) is 5.74. The molecule has 1 fully saturated rings. The molecule has 0 amide bonds. The van der Waals surface area contributed by atoms with Crippen LogP contribution < -0.4 is 20.1 Å². The first kappa shape index (κ1) is 18.2. The van der Waals surface area contributed by atoms with Crippen LogP contribution in [0.1, 0.15) is 0 Å². The number of nitrogens with one attached hydrogen (secondary N) is 2. The monoisotopic (exact) mass is 360 g/mol.